The summed E-state index contributed by atoms with van der Waals surface area (Å²) in [6.45, 7) is 5.75. The van der Waals surface area contributed by atoms with Crippen molar-refractivity contribution in [3.8, 4) is 11.8 Å². The lowest BCUT2D eigenvalue weighted by Gasteiger charge is -2.13. The molecule has 0 saturated carbocycles. The fourth-order valence-corrected chi connectivity index (χ4v) is 0.903. The molecule has 18 heavy (non-hydrogen) atoms. The number of ether oxygens (including phenoxy) is 3. The van der Waals surface area contributed by atoms with Gasteiger partial charge < -0.3 is 14.2 Å². The zero-order valence-electron chi connectivity index (χ0n) is 11.1. The number of hydrogen-bond donors (Lipinski definition) is 0. The molecule has 0 bridgehead atoms. The number of carbonyl (C=O) groups is 2. The fraction of sp³-hybridized carbons (Fsp3) is 0.538. The Morgan fingerprint density at radius 3 is 2.50 bits per heavy atom. The molecule has 0 aliphatic rings. The van der Waals surface area contributed by atoms with Crippen LogP contribution in [0, 0.1) is 17.8 Å². The Bertz CT molecular complexity index is 359. The minimum absolute atomic E-state index is 0.0641. The molecule has 0 spiro atoms. The van der Waals surface area contributed by atoms with Crippen LogP contribution >= 0.6 is 0 Å². The van der Waals surface area contributed by atoms with E-state index in [1.54, 1.807) is 6.92 Å². The van der Waals surface area contributed by atoms with Gasteiger partial charge in [0, 0.05) is 11.8 Å². The van der Waals surface area contributed by atoms with Crippen molar-refractivity contribution in [2.45, 2.75) is 26.9 Å². The Hall–Kier alpha value is -1.96. The van der Waals surface area contributed by atoms with E-state index in [1.165, 1.54) is 13.4 Å². The summed E-state index contributed by atoms with van der Waals surface area (Å²) in [5.74, 6) is 3.93. The predicted octanol–water partition coefficient (Wildman–Crippen LogP) is 1.28. The van der Waals surface area contributed by atoms with Crippen molar-refractivity contribution >= 4 is 11.9 Å². The van der Waals surface area contributed by atoms with Crippen LogP contribution in [-0.2, 0) is 23.8 Å². The van der Waals surface area contributed by atoms with Crippen LogP contribution in [0.15, 0.2) is 12.3 Å². The van der Waals surface area contributed by atoms with E-state index in [-0.39, 0.29) is 12.5 Å². The summed E-state index contributed by atoms with van der Waals surface area (Å²) in [5.41, 5.74) is 0. The van der Waals surface area contributed by atoms with Crippen LogP contribution in [0.4, 0.5) is 0 Å². The molecule has 0 amide bonds. The van der Waals surface area contributed by atoms with E-state index >= 15 is 0 Å². The molecule has 0 aromatic heterocycles. The molecular weight excluding hydrogens is 236 g/mol. The Labute approximate surface area is 107 Å². The zero-order valence-corrected chi connectivity index (χ0v) is 11.1. The summed E-state index contributed by atoms with van der Waals surface area (Å²) in [5, 5.41) is 0. The molecule has 0 radical (unpaired) electrons. The van der Waals surface area contributed by atoms with Crippen molar-refractivity contribution in [3.05, 3.63) is 12.3 Å². The second kappa shape index (κ2) is 9.11. The van der Waals surface area contributed by atoms with Crippen LogP contribution in [0.25, 0.3) is 0 Å². The monoisotopic (exact) mass is 254 g/mol. The third-order valence-electron chi connectivity index (χ3n) is 1.83. The zero-order chi connectivity index (χ0) is 14.0. The average molecular weight is 254 g/mol. The summed E-state index contributed by atoms with van der Waals surface area (Å²) in [7, 11) is 1.27. The van der Waals surface area contributed by atoms with Gasteiger partial charge in [-0.15, -0.1) is 0 Å². The summed E-state index contributed by atoms with van der Waals surface area (Å²) in [6.07, 6.45) is 1.85. The lowest BCUT2D eigenvalue weighted by molar-refractivity contribution is -0.136. The lowest BCUT2D eigenvalue weighted by Crippen LogP contribution is -2.16. The molecule has 0 aromatic rings. The van der Waals surface area contributed by atoms with Gasteiger partial charge in [0.15, 0.2) is 6.10 Å². The molecule has 1 unspecified atom stereocenters. The van der Waals surface area contributed by atoms with E-state index in [0.29, 0.717) is 0 Å². The number of methoxy groups -OCH3 is 1. The molecule has 0 fully saturated rings. The van der Waals surface area contributed by atoms with E-state index in [1.807, 2.05) is 13.8 Å². The maximum absolute atomic E-state index is 11.1. The van der Waals surface area contributed by atoms with Crippen molar-refractivity contribution in [1.29, 1.82) is 0 Å². The second-order valence-electron chi connectivity index (χ2n) is 3.62. The maximum Gasteiger partial charge on any atom is 0.384 e. The molecule has 5 heteroatoms. The average Bonchev–Trinajstić information content (AvgIpc) is 2.32. The first-order valence-electron chi connectivity index (χ1n) is 5.59. The van der Waals surface area contributed by atoms with E-state index < -0.39 is 18.0 Å². The van der Waals surface area contributed by atoms with Gasteiger partial charge in [-0.25, -0.2) is 9.59 Å². The van der Waals surface area contributed by atoms with Gasteiger partial charge in [-0.05, 0) is 12.8 Å². The van der Waals surface area contributed by atoms with Crippen molar-refractivity contribution in [1.82, 2.24) is 0 Å². The SMILES string of the molecule is CCOC(=O)C#CC(O/C=C/C(=O)OC)C(C)C. The Balaban J connectivity index is 4.45. The number of rotatable bonds is 5. The number of carbonyl (C=O) groups excluding carboxylic acids is 2. The molecular formula is C13H18O5. The van der Waals surface area contributed by atoms with Crippen LogP contribution < -0.4 is 0 Å². The van der Waals surface area contributed by atoms with Gasteiger partial charge in [0.25, 0.3) is 0 Å². The highest BCUT2D eigenvalue weighted by Gasteiger charge is 2.10. The van der Waals surface area contributed by atoms with Gasteiger partial charge >= 0.3 is 11.9 Å². The standard InChI is InChI=1S/C13H18O5/c1-5-17-13(15)7-6-11(10(2)3)18-9-8-12(14)16-4/h8-11H,5H2,1-4H3/b9-8+. The van der Waals surface area contributed by atoms with E-state index in [9.17, 15) is 9.59 Å². The molecule has 1 atom stereocenters. The van der Waals surface area contributed by atoms with E-state index in [0.717, 1.165) is 6.08 Å². The van der Waals surface area contributed by atoms with Crippen molar-refractivity contribution in [2.24, 2.45) is 5.92 Å². The third-order valence-corrected chi connectivity index (χ3v) is 1.83. The van der Waals surface area contributed by atoms with Crippen molar-refractivity contribution in [3.63, 3.8) is 0 Å². The fourth-order valence-electron chi connectivity index (χ4n) is 0.903. The largest absolute Gasteiger partial charge is 0.485 e. The molecule has 0 aliphatic carbocycles. The van der Waals surface area contributed by atoms with Gasteiger partial charge in [0.2, 0.25) is 0 Å². The Kier molecular flexibility index (Phi) is 8.12. The number of hydrogen-bond acceptors (Lipinski definition) is 5. The maximum atomic E-state index is 11.1. The molecule has 0 aliphatic heterocycles. The quantitative estimate of drug-likeness (QED) is 0.243. The van der Waals surface area contributed by atoms with Crippen molar-refractivity contribution < 1.29 is 23.8 Å². The molecule has 100 valence electrons. The highest BCUT2D eigenvalue weighted by atomic mass is 16.5. The van der Waals surface area contributed by atoms with E-state index in [2.05, 4.69) is 21.3 Å². The first-order valence-corrected chi connectivity index (χ1v) is 5.59. The summed E-state index contributed by atoms with van der Waals surface area (Å²) < 4.78 is 14.3. The first-order chi connectivity index (χ1) is 8.51. The highest BCUT2D eigenvalue weighted by Crippen LogP contribution is 2.05. The van der Waals surface area contributed by atoms with Gasteiger partial charge in [0.05, 0.1) is 26.1 Å². The lowest BCUT2D eigenvalue weighted by atomic mass is 10.1. The smallest absolute Gasteiger partial charge is 0.384 e. The van der Waals surface area contributed by atoms with Gasteiger partial charge in [-0.1, -0.05) is 13.8 Å². The summed E-state index contributed by atoms with van der Waals surface area (Å²) in [4.78, 5) is 21.9. The molecule has 0 rings (SSSR count). The van der Waals surface area contributed by atoms with Crippen molar-refractivity contribution in [2.75, 3.05) is 13.7 Å². The van der Waals surface area contributed by atoms with Gasteiger partial charge in [-0.2, -0.15) is 0 Å². The first kappa shape index (κ1) is 16.0. The Morgan fingerprint density at radius 1 is 1.33 bits per heavy atom. The number of esters is 2. The Morgan fingerprint density at radius 2 is 2.00 bits per heavy atom. The summed E-state index contributed by atoms with van der Waals surface area (Å²) >= 11 is 0. The van der Waals surface area contributed by atoms with Gasteiger partial charge in [-0.3, -0.25) is 0 Å². The predicted molar refractivity (Wildman–Crippen MR) is 65.3 cm³/mol. The molecule has 0 saturated heterocycles. The molecule has 0 N–H and O–H groups in total. The second-order valence-corrected chi connectivity index (χ2v) is 3.62. The molecule has 0 aromatic carbocycles. The van der Waals surface area contributed by atoms with Crippen LogP contribution in [0.5, 0.6) is 0 Å². The van der Waals surface area contributed by atoms with E-state index in [4.69, 9.17) is 4.74 Å². The van der Waals surface area contributed by atoms with Crippen LogP contribution in [0.1, 0.15) is 20.8 Å². The topological polar surface area (TPSA) is 61.8 Å². The van der Waals surface area contributed by atoms with Gasteiger partial charge in [0.1, 0.15) is 0 Å². The van der Waals surface area contributed by atoms with Crippen LogP contribution in [0.3, 0.4) is 0 Å². The molecule has 5 nitrogen and oxygen atoms in total. The molecule has 0 heterocycles. The minimum atomic E-state index is -0.594. The summed E-state index contributed by atoms with van der Waals surface area (Å²) in [6, 6.07) is 0. The van der Waals surface area contributed by atoms with Crippen LogP contribution in [-0.4, -0.2) is 31.8 Å². The normalized spacial score (nSPS) is 11.6. The highest BCUT2D eigenvalue weighted by molar-refractivity contribution is 5.88. The van der Waals surface area contributed by atoms with Crippen LogP contribution in [0.2, 0.25) is 0 Å². The minimum Gasteiger partial charge on any atom is -0.485 e. The third kappa shape index (κ3) is 7.34.